The van der Waals surface area contributed by atoms with Gasteiger partial charge in [-0.1, -0.05) is 18.8 Å². The predicted molar refractivity (Wildman–Crippen MR) is 63.2 cm³/mol. The second kappa shape index (κ2) is 6.52. The minimum Gasteiger partial charge on any atom is -0.497 e. The summed E-state index contributed by atoms with van der Waals surface area (Å²) < 4.78 is 5.04. The molecule has 1 rings (SSSR count). The zero-order valence-electron chi connectivity index (χ0n) is 9.54. The fourth-order valence-electron chi connectivity index (χ4n) is 1.09. The van der Waals surface area contributed by atoms with E-state index in [-0.39, 0.29) is 5.91 Å². The van der Waals surface area contributed by atoms with E-state index in [9.17, 15) is 4.79 Å². The van der Waals surface area contributed by atoms with Gasteiger partial charge in [-0.3, -0.25) is 4.79 Å². The van der Waals surface area contributed by atoms with Crippen LogP contribution < -0.4 is 10.1 Å². The van der Waals surface area contributed by atoms with E-state index in [4.69, 9.17) is 4.74 Å². The quantitative estimate of drug-likeness (QED) is 0.780. The molecule has 0 unspecified atom stereocenters. The van der Waals surface area contributed by atoms with Gasteiger partial charge in [0, 0.05) is 12.0 Å². The van der Waals surface area contributed by atoms with Crippen molar-refractivity contribution in [3.63, 3.8) is 0 Å². The lowest BCUT2D eigenvalue weighted by Gasteiger charge is -1.98. The molecule has 1 amide bonds. The van der Waals surface area contributed by atoms with Crippen LogP contribution in [-0.4, -0.2) is 19.6 Å². The fraction of sp³-hybridized carbons (Fsp3) is 0.308. The van der Waals surface area contributed by atoms with E-state index >= 15 is 0 Å². The Bertz CT molecular complexity index is 398. The molecule has 1 aromatic carbocycles. The number of carbonyl (C=O) groups excluding carboxylic acids is 1. The number of methoxy groups -OCH3 is 1. The molecule has 0 aliphatic rings. The van der Waals surface area contributed by atoms with Crippen molar-refractivity contribution in [3.05, 3.63) is 29.8 Å². The summed E-state index contributed by atoms with van der Waals surface area (Å²) in [7, 11) is 1.63. The van der Waals surface area contributed by atoms with Crippen molar-refractivity contribution in [2.45, 2.75) is 13.3 Å². The molecule has 0 spiro atoms. The summed E-state index contributed by atoms with van der Waals surface area (Å²) in [6.45, 7) is 2.20. The first kappa shape index (κ1) is 12.1. The molecule has 0 radical (unpaired) electrons. The number of hydrogen-bond acceptors (Lipinski definition) is 2. The van der Waals surface area contributed by atoms with E-state index in [2.05, 4.69) is 17.2 Å². The first-order valence-corrected chi connectivity index (χ1v) is 5.16. The van der Waals surface area contributed by atoms with Gasteiger partial charge in [0.25, 0.3) is 0 Å². The van der Waals surface area contributed by atoms with Crippen LogP contribution in [0.4, 0.5) is 0 Å². The standard InChI is InChI=1S/C13H15NO2/c1-3-13(15)14-10-4-5-11-6-8-12(16-2)9-7-11/h6-9H,3,10H2,1-2H3,(H,14,15). The highest BCUT2D eigenvalue weighted by Crippen LogP contribution is 2.09. The number of amides is 1. The van der Waals surface area contributed by atoms with Gasteiger partial charge in [-0.15, -0.1) is 0 Å². The molecule has 0 saturated heterocycles. The van der Waals surface area contributed by atoms with E-state index < -0.39 is 0 Å². The van der Waals surface area contributed by atoms with Crippen molar-refractivity contribution in [1.29, 1.82) is 0 Å². The Morgan fingerprint density at radius 1 is 1.38 bits per heavy atom. The van der Waals surface area contributed by atoms with Gasteiger partial charge in [-0.25, -0.2) is 0 Å². The molecule has 1 N–H and O–H groups in total. The summed E-state index contributed by atoms with van der Waals surface area (Å²) in [5, 5.41) is 2.69. The first-order chi connectivity index (χ1) is 7.76. The molecule has 0 aliphatic carbocycles. The average molecular weight is 217 g/mol. The Hall–Kier alpha value is -1.95. The lowest BCUT2D eigenvalue weighted by atomic mass is 10.2. The molecule has 84 valence electrons. The van der Waals surface area contributed by atoms with Crippen molar-refractivity contribution >= 4 is 5.91 Å². The molecule has 0 heterocycles. The van der Waals surface area contributed by atoms with E-state index in [1.165, 1.54) is 0 Å². The van der Waals surface area contributed by atoms with E-state index in [0.717, 1.165) is 11.3 Å². The minimum atomic E-state index is 0.0176. The summed E-state index contributed by atoms with van der Waals surface area (Å²) in [6.07, 6.45) is 0.490. The van der Waals surface area contributed by atoms with Crippen molar-refractivity contribution < 1.29 is 9.53 Å². The van der Waals surface area contributed by atoms with E-state index in [1.807, 2.05) is 31.2 Å². The zero-order valence-corrected chi connectivity index (χ0v) is 9.54. The molecule has 0 fully saturated rings. The highest BCUT2D eigenvalue weighted by molar-refractivity contribution is 5.75. The SMILES string of the molecule is CCC(=O)NCC#Cc1ccc(OC)cc1. The molecular formula is C13H15NO2. The topological polar surface area (TPSA) is 38.3 Å². The van der Waals surface area contributed by atoms with Crippen molar-refractivity contribution in [3.8, 4) is 17.6 Å². The van der Waals surface area contributed by atoms with Gasteiger partial charge in [0.2, 0.25) is 5.91 Å². The Morgan fingerprint density at radius 2 is 2.06 bits per heavy atom. The third-order valence-corrected chi connectivity index (χ3v) is 2.02. The number of benzene rings is 1. The lowest BCUT2D eigenvalue weighted by molar-refractivity contribution is -0.120. The van der Waals surface area contributed by atoms with Gasteiger partial charge in [0.15, 0.2) is 0 Å². The average Bonchev–Trinajstić information content (AvgIpc) is 2.35. The molecule has 16 heavy (non-hydrogen) atoms. The minimum absolute atomic E-state index is 0.0176. The van der Waals surface area contributed by atoms with Crippen LogP contribution in [0.5, 0.6) is 5.75 Å². The van der Waals surface area contributed by atoms with Crippen LogP contribution in [0.25, 0.3) is 0 Å². The second-order valence-corrected chi connectivity index (χ2v) is 3.16. The Balaban J connectivity index is 2.47. The smallest absolute Gasteiger partial charge is 0.220 e. The maximum absolute atomic E-state index is 10.9. The van der Waals surface area contributed by atoms with E-state index in [1.54, 1.807) is 7.11 Å². The number of rotatable bonds is 3. The molecular weight excluding hydrogens is 202 g/mol. The van der Waals surface area contributed by atoms with Crippen LogP contribution in [0.15, 0.2) is 24.3 Å². The van der Waals surface area contributed by atoms with Gasteiger partial charge < -0.3 is 10.1 Å². The Kier molecular flexibility index (Phi) is 4.94. The highest BCUT2D eigenvalue weighted by Gasteiger charge is 1.92. The maximum atomic E-state index is 10.9. The Labute approximate surface area is 95.8 Å². The molecule has 0 bridgehead atoms. The first-order valence-electron chi connectivity index (χ1n) is 5.16. The highest BCUT2D eigenvalue weighted by atomic mass is 16.5. The molecule has 0 aliphatic heterocycles. The summed E-state index contributed by atoms with van der Waals surface area (Å²) in [5.41, 5.74) is 0.909. The van der Waals surface area contributed by atoms with E-state index in [0.29, 0.717) is 13.0 Å². The lowest BCUT2D eigenvalue weighted by Crippen LogP contribution is -2.22. The van der Waals surface area contributed by atoms with Crippen LogP contribution in [0.3, 0.4) is 0 Å². The molecule has 0 aromatic heterocycles. The number of hydrogen-bond donors (Lipinski definition) is 1. The second-order valence-electron chi connectivity index (χ2n) is 3.16. The summed E-state index contributed by atoms with van der Waals surface area (Å²) in [6, 6.07) is 7.48. The predicted octanol–water partition coefficient (Wildman–Crippen LogP) is 1.57. The van der Waals surface area contributed by atoms with Crippen LogP contribution in [-0.2, 0) is 4.79 Å². The van der Waals surface area contributed by atoms with Crippen molar-refractivity contribution in [2.24, 2.45) is 0 Å². The monoisotopic (exact) mass is 217 g/mol. The summed E-state index contributed by atoms with van der Waals surface area (Å²) >= 11 is 0. The molecule has 3 nitrogen and oxygen atoms in total. The van der Waals surface area contributed by atoms with Gasteiger partial charge in [0.1, 0.15) is 5.75 Å². The van der Waals surface area contributed by atoms with Crippen LogP contribution in [0, 0.1) is 11.8 Å². The molecule has 1 aromatic rings. The van der Waals surface area contributed by atoms with Gasteiger partial charge in [-0.2, -0.15) is 0 Å². The maximum Gasteiger partial charge on any atom is 0.220 e. The fourth-order valence-corrected chi connectivity index (χ4v) is 1.09. The molecule has 3 heteroatoms. The summed E-state index contributed by atoms with van der Waals surface area (Å²) in [5.74, 6) is 6.66. The number of ether oxygens (including phenoxy) is 1. The third kappa shape index (κ3) is 4.05. The van der Waals surface area contributed by atoms with Crippen LogP contribution in [0.2, 0.25) is 0 Å². The van der Waals surface area contributed by atoms with Crippen molar-refractivity contribution in [1.82, 2.24) is 5.32 Å². The van der Waals surface area contributed by atoms with Crippen LogP contribution in [0.1, 0.15) is 18.9 Å². The van der Waals surface area contributed by atoms with Gasteiger partial charge in [-0.05, 0) is 24.3 Å². The molecule has 0 saturated carbocycles. The molecule has 0 atom stereocenters. The number of carbonyl (C=O) groups is 1. The van der Waals surface area contributed by atoms with Gasteiger partial charge >= 0.3 is 0 Å². The normalized spacial score (nSPS) is 8.88. The summed E-state index contributed by atoms with van der Waals surface area (Å²) in [4.78, 5) is 10.9. The van der Waals surface area contributed by atoms with Crippen molar-refractivity contribution in [2.75, 3.05) is 13.7 Å². The van der Waals surface area contributed by atoms with Crippen LogP contribution >= 0.6 is 0 Å². The largest absolute Gasteiger partial charge is 0.497 e. The third-order valence-electron chi connectivity index (χ3n) is 2.02. The Morgan fingerprint density at radius 3 is 2.62 bits per heavy atom. The zero-order chi connectivity index (χ0) is 11.8. The van der Waals surface area contributed by atoms with Gasteiger partial charge in [0.05, 0.1) is 13.7 Å². The number of nitrogens with one attached hydrogen (secondary N) is 1.